The molecule has 1 aromatic carbocycles. The van der Waals surface area contributed by atoms with E-state index in [0.717, 1.165) is 5.56 Å². The van der Waals surface area contributed by atoms with Crippen LogP contribution in [0.5, 0.6) is 11.5 Å². The molecule has 0 aliphatic carbocycles. The predicted molar refractivity (Wildman–Crippen MR) is 98.0 cm³/mol. The van der Waals surface area contributed by atoms with E-state index >= 15 is 0 Å². The first-order valence-electron chi connectivity index (χ1n) is 8.60. The number of amides is 2. The number of hydrogen-bond donors (Lipinski definition) is 1. The Balaban J connectivity index is 2.53. The molecular formula is C19H30N2O4. The van der Waals surface area contributed by atoms with Crippen LogP contribution in [0.4, 0.5) is 0 Å². The van der Waals surface area contributed by atoms with Gasteiger partial charge in [-0.2, -0.15) is 0 Å². The normalized spacial score (nSPS) is 10.5. The second-order valence-corrected chi connectivity index (χ2v) is 6.39. The summed E-state index contributed by atoms with van der Waals surface area (Å²) >= 11 is 0. The smallest absolute Gasteiger partial charge is 0.220 e. The van der Waals surface area contributed by atoms with Gasteiger partial charge in [-0.3, -0.25) is 9.59 Å². The van der Waals surface area contributed by atoms with Gasteiger partial charge in [-0.05, 0) is 30.0 Å². The Morgan fingerprint density at radius 3 is 2.36 bits per heavy atom. The summed E-state index contributed by atoms with van der Waals surface area (Å²) in [6.45, 7) is 7.12. The van der Waals surface area contributed by atoms with E-state index in [9.17, 15) is 9.59 Å². The molecule has 0 unspecified atom stereocenters. The number of nitrogens with one attached hydrogen (secondary N) is 1. The first kappa shape index (κ1) is 20.8. The molecule has 0 saturated carbocycles. The Morgan fingerprint density at radius 1 is 1.12 bits per heavy atom. The Kier molecular flexibility index (Phi) is 8.81. The summed E-state index contributed by atoms with van der Waals surface area (Å²) in [5.74, 6) is 1.71. The van der Waals surface area contributed by atoms with Crippen molar-refractivity contribution >= 4 is 11.8 Å². The van der Waals surface area contributed by atoms with Crippen molar-refractivity contribution in [3.63, 3.8) is 0 Å². The molecule has 0 aromatic heterocycles. The Labute approximate surface area is 150 Å². The molecule has 0 saturated heterocycles. The molecular weight excluding hydrogens is 320 g/mol. The van der Waals surface area contributed by atoms with Crippen LogP contribution >= 0.6 is 0 Å². The number of ether oxygens (including phenoxy) is 2. The van der Waals surface area contributed by atoms with Gasteiger partial charge in [0.1, 0.15) is 0 Å². The van der Waals surface area contributed by atoms with E-state index in [1.54, 1.807) is 26.0 Å². The Morgan fingerprint density at radius 2 is 1.80 bits per heavy atom. The Bertz CT molecular complexity index is 573. The summed E-state index contributed by atoms with van der Waals surface area (Å²) in [6.07, 6.45) is 1.21. The first-order chi connectivity index (χ1) is 11.9. The van der Waals surface area contributed by atoms with Crippen LogP contribution in [-0.2, 0) is 16.0 Å². The second kappa shape index (κ2) is 10.6. The molecule has 25 heavy (non-hydrogen) atoms. The summed E-state index contributed by atoms with van der Waals surface area (Å²) in [6, 6.07) is 5.74. The number of carbonyl (C=O) groups is 2. The maximum absolute atomic E-state index is 11.8. The Hall–Kier alpha value is -2.24. The highest BCUT2D eigenvalue weighted by atomic mass is 16.5. The van der Waals surface area contributed by atoms with Crippen LogP contribution in [0.25, 0.3) is 0 Å². The molecule has 2 amide bonds. The molecule has 6 nitrogen and oxygen atoms in total. The highest BCUT2D eigenvalue weighted by molar-refractivity contribution is 5.76. The molecule has 0 fully saturated rings. The lowest BCUT2D eigenvalue weighted by Gasteiger charge is -2.21. The summed E-state index contributed by atoms with van der Waals surface area (Å²) in [5.41, 5.74) is 1.06. The fourth-order valence-electron chi connectivity index (χ4n) is 2.50. The minimum absolute atomic E-state index is 0.00131. The van der Waals surface area contributed by atoms with Crippen molar-refractivity contribution in [2.45, 2.75) is 33.6 Å². The van der Waals surface area contributed by atoms with Gasteiger partial charge in [-0.25, -0.2) is 0 Å². The summed E-state index contributed by atoms with van der Waals surface area (Å²) in [5, 5.41) is 2.86. The molecule has 0 bridgehead atoms. The van der Waals surface area contributed by atoms with Crippen LogP contribution in [0.1, 0.15) is 32.8 Å². The summed E-state index contributed by atoms with van der Waals surface area (Å²) in [4.78, 5) is 25.2. The lowest BCUT2D eigenvalue weighted by Crippen LogP contribution is -2.38. The lowest BCUT2D eigenvalue weighted by molar-refractivity contribution is -0.129. The molecule has 1 rings (SSSR count). The van der Waals surface area contributed by atoms with Crippen molar-refractivity contribution in [3.8, 4) is 11.5 Å². The number of benzene rings is 1. The quantitative estimate of drug-likeness (QED) is 0.703. The van der Waals surface area contributed by atoms with Crippen LogP contribution in [0, 0.1) is 5.92 Å². The van der Waals surface area contributed by atoms with Gasteiger partial charge in [0.25, 0.3) is 0 Å². The van der Waals surface area contributed by atoms with Gasteiger partial charge in [0, 0.05) is 33.0 Å². The van der Waals surface area contributed by atoms with E-state index < -0.39 is 0 Å². The lowest BCUT2D eigenvalue weighted by atomic mass is 10.1. The zero-order valence-electron chi connectivity index (χ0n) is 15.9. The van der Waals surface area contributed by atoms with Gasteiger partial charge in [-0.1, -0.05) is 19.9 Å². The van der Waals surface area contributed by atoms with Gasteiger partial charge in [0.2, 0.25) is 11.8 Å². The third-order valence-corrected chi connectivity index (χ3v) is 3.86. The van der Waals surface area contributed by atoms with E-state index in [4.69, 9.17) is 9.47 Å². The molecule has 0 radical (unpaired) electrons. The number of carbonyl (C=O) groups excluding carboxylic acids is 2. The molecule has 1 aromatic rings. The second-order valence-electron chi connectivity index (χ2n) is 6.39. The molecule has 0 aliphatic heterocycles. The van der Waals surface area contributed by atoms with E-state index in [-0.39, 0.29) is 11.8 Å². The minimum atomic E-state index is -0.00131. The summed E-state index contributed by atoms with van der Waals surface area (Å²) < 4.78 is 10.5. The molecule has 140 valence electrons. The molecule has 0 heterocycles. The first-order valence-corrected chi connectivity index (χ1v) is 8.60. The van der Waals surface area contributed by atoms with Crippen LogP contribution in [-0.4, -0.2) is 50.6 Å². The van der Waals surface area contributed by atoms with Gasteiger partial charge in [-0.15, -0.1) is 0 Å². The van der Waals surface area contributed by atoms with Gasteiger partial charge in [0.15, 0.2) is 11.5 Å². The van der Waals surface area contributed by atoms with Crippen molar-refractivity contribution < 1.29 is 19.1 Å². The van der Waals surface area contributed by atoms with Crippen LogP contribution in [0.15, 0.2) is 18.2 Å². The monoisotopic (exact) mass is 350 g/mol. The maximum Gasteiger partial charge on any atom is 0.220 e. The molecule has 0 aliphatic rings. The van der Waals surface area contributed by atoms with E-state index in [1.165, 1.54) is 0 Å². The third kappa shape index (κ3) is 7.45. The average molecular weight is 350 g/mol. The van der Waals surface area contributed by atoms with Crippen molar-refractivity contribution in [2.75, 3.05) is 33.9 Å². The van der Waals surface area contributed by atoms with Crippen LogP contribution in [0.2, 0.25) is 0 Å². The topological polar surface area (TPSA) is 67.9 Å². The molecule has 1 N–H and O–H groups in total. The largest absolute Gasteiger partial charge is 0.493 e. The van der Waals surface area contributed by atoms with E-state index in [0.29, 0.717) is 49.9 Å². The van der Waals surface area contributed by atoms with Crippen molar-refractivity contribution in [1.82, 2.24) is 10.2 Å². The SMILES string of the molecule is COc1ccc(CCN(CCNC(=O)CC(C)C)C(C)=O)cc1OC. The zero-order valence-corrected chi connectivity index (χ0v) is 15.9. The number of hydrogen-bond acceptors (Lipinski definition) is 4. The van der Waals surface area contributed by atoms with Gasteiger partial charge >= 0.3 is 0 Å². The zero-order chi connectivity index (χ0) is 18.8. The summed E-state index contributed by atoms with van der Waals surface area (Å²) in [7, 11) is 3.20. The van der Waals surface area contributed by atoms with E-state index in [2.05, 4.69) is 5.32 Å². The van der Waals surface area contributed by atoms with E-state index in [1.807, 2.05) is 32.0 Å². The standard InChI is InChI=1S/C19H30N2O4/c1-14(2)12-19(23)20-9-11-21(15(3)22)10-8-16-6-7-17(24-4)18(13-16)25-5/h6-7,13-14H,8-12H2,1-5H3,(H,20,23). The third-order valence-electron chi connectivity index (χ3n) is 3.86. The van der Waals surface area contributed by atoms with Crippen LogP contribution < -0.4 is 14.8 Å². The highest BCUT2D eigenvalue weighted by Crippen LogP contribution is 2.27. The molecule has 0 spiro atoms. The highest BCUT2D eigenvalue weighted by Gasteiger charge is 2.11. The van der Waals surface area contributed by atoms with Crippen molar-refractivity contribution in [2.24, 2.45) is 5.92 Å². The van der Waals surface area contributed by atoms with Crippen molar-refractivity contribution in [1.29, 1.82) is 0 Å². The maximum atomic E-state index is 11.8. The van der Waals surface area contributed by atoms with Crippen LogP contribution in [0.3, 0.4) is 0 Å². The fraction of sp³-hybridized carbons (Fsp3) is 0.579. The van der Waals surface area contributed by atoms with Gasteiger partial charge in [0.05, 0.1) is 14.2 Å². The molecule has 0 atom stereocenters. The van der Waals surface area contributed by atoms with Gasteiger partial charge < -0.3 is 19.7 Å². The average Bonchev–Trinajstić information content (AvgIpc) is 2.56. The number of methoxy groups -OCH3 is 2. The number of nitrogens with zero attached hydrogens (tertiary/aromatic N) is 1. The van der Waals surface area contributed by atoms with Crippen molar-refractivity contribution in [3.05, 3.63) is 23.8 Å². The predicted octanol–water partition coefficient (Wildman–Crippen LogP) is 2.26. The minimum Gasteiger partial charge on any atom is -0.493 e. The fourth-order valence-corrected chi connectivity index (χ4v) is 2.50. The number of rotatable bonds is 10. The molecule has 6 heteroatoms.